The van der Waals surface area contributed by atoms with Crippen molar-refractivity contribution in [1.82, 2.24) is 9.80 Å². The van der Waals surface area contributed by atoms with E-state index in [1.807, 2.05) is 0 Å². The van der Waals surface area contributed by atoms with Crippen LogP contribution < -0.4 is 5.73 Å². The maximum Gasteiger partial charge on any atom is 0.222 e. The Bertz CT molecular complexity index is 289. The van der Waals surface area contributed by atoms with Gasteiger partial charge in [-0.25, -0.2) is 0 Å². The number of amides is 1. The number of hydrogen-bond donors (Lipinski definition) is 1. The Hall–Kier alpha value is -0.610. The molecule has 0 aromatic carbocycles. The van der Waals surface area contributed by atoms with Gasteiger partial charge in [-0.3, -0.25) is 4.79 Å². The molecule has 0 bridgehead atoms. The van der Waals surface area contributed by atoms with E-state index in [1.54, 1.807) is 0 Å². The smallest absolute Gasteiger partial charge is 0.222 e. The summed E-state index contributed by atoms with van der Waals surface area (Å²) in [6.45, 7) is 5.95. The predicted molar refractivity (Wildman–Crippen MR) is 82.5 cm³/mol. The first-order valence-electron chi connectivity index (χ1n) is 8.50. The van der Waals surface area contributed by atoms with Gasteiger partial charge in [0, 0.05) is 32.6 Å². The van der Waals surface area contributed by atoms with E-state index in [0.29, 0.717) is 18.9 Å². The van der Waals surface area contributed by atoms with Crippen molar-refractivity contribution < 1.29 is 4.79 Å². The van der Waals surface area contributed by atoms with Crippen LogP contribution in [0.5, 0.6) is 0 Å². The summed E-state index contributed by atoms with van der Waals surface area (Å²) in [5.74, 6) is 1.21. The lowest BCUT2D eigenvalue weighted by molar-refractivity contribution is -0.131. The van der Waals surface area contributed by atoms with E-state index >= 15 is 0 Å². The van der Waals surface area contributed by atoms with Crippen LogP contribution in [-0.4, -0.2) is 55.0 Å². The van der Waals surface area contributed by atoms with Crippen molar-refractivity contribution in [3.8, 4) is 0 Å². The van der Waals surface area contributed by atoms with Gasteiger partial charge in [0.1, 0.15) is 0 Å². The number of nitrogens with zero attached hydrogens (tertiary/aromatic N) is 2. The third-order valence-electron chi connectivity index (χ3n) is 4.78. The van der Waals surface area contributed by atoms with Gasteiger partial charge in [-0.2, -0.15) is 0 Å². The monoisotopic (exact) mass is 281 g/mol. The second kappa shape index (κ2) is 8.63. The lowest BCUT2D eigenvalue weighted by atomic mass is 9.89. The van der Waals surface area contributed by atoms with Crippen molar-refractivity contribution in [2.75, 3.05) is 39.3 Å². The molecule has 2 aliphatic rings. The van der Waals surface area contributed by atoms with E-state index in [0.717, 1.165) is 44.9 Å². The molecular weight excluding hydrogens is 250 g/mol. The van der Waals surface area contributed by atoms with Crippen LogP contribution in [0.15, 0.2) is 0 Å². The summed E-state index contributed by atoms with van der Waals surface area (Å²) < 4.78 is 0. The molecule has 2 N–H and O–H groups in total. The Morgan fingerprint density at radius 3 is 2.55 bits per heavy atom. The molecule has 1 heterocycles. The van der Waals surface area contributed by atoms with Gasteiger partial charge in [-0.15, -0.1) is 0 Å². The molecule has 4 nitrogen and oxygen atoms in total. The van der Waals surface area contributed by atoms with Crippen molar-refractivity contribution in [1.29, 1.82) is 0 Å². The lowest BCUT2D eigenvalue weighted by Gasteiger charge is -2.28. The maximum atomic E-state index is 12.1. The van der Waals surface area contributed by atoms with Crippen molar-refractivity contribution in [3.63, 3.8) is 0 Å². The van der Waals surface area contributed by atoms with Gasteiger partial charge >= 0.3 is 0 Å². The molecule has 20 heavy (non-hydrogen) atoms. The first-order chi connectivity index (χ1) is 9.79. The van der Waals surface area contributed by atoms with Gasteiger partial charge < -0.3 is 15.5 Å². The SMILES string of the molecule is NCCCC(=O)N1CCCN(CC2CCCCC2)CC1. The van der Waals surface area contributed by atoms with Crippen LogP contribution in [0.1, 0.15) is 51.4 Å². The molecule has 0 aromatic rings. The summed E-state index contributed by atoms with van der Waals surface area (Å²) in [7, 11) is 0. The van der Waals surface area contributed by atoms with E-state index in [9.17, 15) is 4.79 Å². The van der Waals surface area contributed by atoms with Crippen LogP contribution in [0.2, 0.25) is 0 Å². The summed E-state index contributed by atoms with van der Waals surface area (Å²) >= 11 is 0. The van der Waals surface area contributed by atoms with E-state index in [-0.39, 0.29) is 0 Å². The standard InChI is InChI=1S/C16H31N3O/c17-9-4-8-16(20)19-11-5-10-18(12-13-19)14-15-6-2-1-3-7-15/h15H,1-14,17H2. The van der Waals surface area contributed by atoms with Crippen molar-refractivity contribution in [2.24, 2.45) is 11.7 Å². The third-order valence-corrected chi connectivity index (χ3v) is 4.78. The minimum Gasteiger partial charge on any atom is -0.341 e. The van der Waals surface area contributed by atoms with Crippen LogP contribution in [0.3, 0.4) is 0 Å². The molecule has 0 atom stereocenters. The molecule has 1 aliphatic heterocycles. The van der Waals surface area contributed by atoms with Crippen LogP contribution in [0.4, 0.5) is 0 Å². The van der Waals surface area contributed by atoms with E-state index < -0.39 is 0 Å². The topological polar surface area (TPSA) is 49.6 Å². The Morgan fingerprint density at radius 1 is 1.00 bits per heavy atom. The Morgan fingerprint density at radius 2 is 1.80 bits per heavy atom. The van der Waals surface area contributed by atoms with Crippen LogP contribution in [0.25, 0.3) is 0 Å². The fourth-order valence-corrected chi connectivity index (χ4v) is 3.55. The normalized spacial score (nSPS) is 22.8. The van der Waals surface area contributed by atoms with E-state index in [4.69, 9.17) is 5.73 Å². The number of carbonyl (C=O) groups is 1. The minimum absolute atomic E-state index is 0.301. The fourth-order valence-electron chi connectivity index (χ4n) is 3.55. The number of hydrogen-bond acceptors (Lipinski definition) is 3. The zero-order valence-corrected chi connectivity index (χ0v) is 12.9. The molecule has 0 unspecified atom stereocenters. The van der Waals surface area contributed by atoms with Gasteiger partial charge in [0.2, 0.25) is 5.91 Å². The molecule has 116 valence electrons. The van der Waals surface area contributed by atoms with Gasteiger partial charge in [-0.05, 0) is 44.7 Å². The highest BCUT2D eigenvalue weighted by atomic mass is 16.2. The number of rotatable bonds is 5. The Balaban J connectivity index is 1.72. The molecule has 1 saturated heterocycles. The van der Waals surface area contributed by atoms with Crippen LogP contribution >= 0.6 is 0 Å². The predicted octanol–water partition coefficient (Wildman–Crippen LogP) is 1.84. The number of nitrogens with two attached hydrogens (primary N) is 1. The molecule has 0 aromatic heterocycles. The van der Waals surface area contributed by atoms with Gasteiger partial charge in [0.05, 0.1) is 0 Å². The summed E-state index contributed by atoms with van der Waals surface area (Å²) in [4.78, 5) is 16.7. The summed E-state index contributed by atoms with van der Waals surface area (Å²) in [5.41, 5.74) is 5.48. The quantitative estimate of drug-likeness (QED) is 0.836. The summed E-state index contributed by atoms with van der Waals surface area (Å²) in [6, 6.07) is 0. The van der Waals surface area contributed by atoms with Gasteiger partial charge in [0.15, 0.2) is 0 Å². The third kappa shape index (κ3) is 5.06. The summed E-state index contributed by atoms with van der Waals surface area (Å²) in [6.07, 6.45) is 9.66. The first-order valence-corrected chi connectivity index (χ1v) is 8.50. The second-order valence-corrected chi connectivity index (χ2v) is 6.43. The fraction of sp³-hybridized carbons (Fsp3) is 0.938. The van der Waals surface area contributed by atoms with E-state index in [1.165, 1.54) is 38.6 Å². The molecule has 0 spiro atoms. The lowest BCUT2D eigenvalue weighted by Crippen LogP contribution is -2.37. The zero-order chi connectivity index (χ0) is 14.2. The second-order valence-electron chi connectivity index (χ2n) is 6.43. The largest absolute Gasteiger partial charge is 0.341 e. The van der Waals surface area contributed by atoms with E-state index in [2.05, 4.69) is 9.80 Å². The highest BCUT2D eigenvalue weighted by Crippen LogP contribution is 2.24. The van der Waals surface area contributed by atoms with Gasteiger partial charge in [-0.1, -0.05) is 19.3 Å². The highest BCUT2D eigenvalue weighted by molar-refractivity contribution is 5.76. The van der Waals surface area contributed by atoms with Crippen molar-refractivity contribution in [2.45, 2.75) is 51.4 Å². The molecule has 2 fully saturated rings. The van der Waals surface area contributed by atoms with Crippen molar-refractivity contribution in [3.05, 3.63) is 0 Å². The molecule has 0 radical (unpaired) electrons. The van der Waals surface area contributed by atoms with Gasteiger partial charge in [0.25, 0.3) is 0 Å². The minimum atomic E-state index is 0.301. The molecule has 2 rings (SSSR count). The highest BCUT2D eigenvalue weighted by Gasteiger charge is 2.21. The molecule has 1 aliphatic carbocycles. The molecule has 1 saturated carbocycles. The average Bonchev–Trinajstić information content (AvgIpc) is 2.71. The molecule has 1 amide bonds. The first kappa shape index (κ1) is 15.8. The average molecular weight is 281 g/mol. The maximum absolute atomic E-state index is 12.1. The molecule has 4 heteroatoms. The van der Waals surface area contributed by atoms with Crippen LogP contribution in [-0.2, 0) is 4.79 Å². The Labute approximate surface area is 123 Å². The number of carbonyl (C=O) groups excluding carboxylic acids is 1. The molecular formula is C16H31N3O. The van der Waals surface area contributed by atoms with Crippen LogP contribution in [0, 0.1) is 5.92 Å². The van der Waals surface area contributed by atoms with Crippen molar-refractivity contribution >= 4 is 5.91 Å². The zero-order valence-electron chi connectivity index (χ0n) is 12.9. The summed E-state index contributed by atoms with van der Waals surface area (Å²) in [5, 5.41) is 0. The Kier molecular flexibility index (Phi) is 6.80.